The summed E-state index contributed by atoms with van der Waals surface area (Å²) in [5.74, 6) is 0.0698. The third kappa shape index (κ3) is 3.72. The minimum atomic E-state index is 0.0698. The molecule has 1 unspecified atom stereocenters. The summed E-state index contributed by atoms with van der Waals surface area (Å²) in [5.41, 5.74) is 0.870. The zero-order valence-electron chi connectivity index (χ0n) is 12.6. The average Bonchev–Trinajstić information content (AvgIpc) is 3.18. The van der Waals surface area contributed by atoms with Gasteiger partial charge in [0.15, 0.2) is 0 Å². The number of carbonyl (C=O) groups excluding carboxylic acids is 1. The Morgan fingerprint density at radius 1 is 1.36 bits per heavy atom. The second-order valence-corrected chi connectivity index (χ2v) is 7.28. The smallest absolute Gasteiger partial charge is 0.238 e. The highest BCUT2D eigenvalue weighted by Crippen LogP contribution is 2.34. The number of nitrogens with one attached hydrogen (secondary N) is 1. The number of nitrogens with zero attached hydrogens (tertiary/aromatic N) is 1. The standard InChI is InChI=1S/C17H20N2OS2/c1-21-14-8-6-13(7-9-14)18-17(20)12-19-10-2-4-15(19)16-5-3-11-22-16/h3,5-9,11,15H,2,4,10,12H2,1H3,(H,18,20). The Labute approximate surface area is 139 Å². The van der Waals surface area contributed by atoms with Crippen molar-refractivity contribution in [3.8, 4) is 0 Å². The molecule has 1 aromatic carbocycles. The predicted molar refractivity (Wildman–Crippen MR) is 94.7 cm³/mol. The van der Waals surface area contributed by atoms with Crippen LogP contribution in [-0.4, -0.2) is 30.2 Å². The zero-order chi connectivity index (χ0) is 15.4. The summed E-state index contributed by atoms with van der Waals surface area (Å²) in [6.45, 7) is 1.47. The molecule has 1 N–H and O–H groups in total. The van der Waals surface area contributed by atoms with Crippen LogP contribution in [0.4, 0.5) is 5.69 Å². The molecule has 2 aromatic rings. The number of likely N-dealkylation sites (tertiary alicyclic amines) is 1. The summed E-state index contributed by atoms with van der Waals surface area (Å²) in [7, 11) is 0. The molecule has 5 heteroatoms. The van der Waals surface area contributed by atoms with E-state index in [2.05, 4.69) is 27.7 Å². The van der Waals surface area contributed by atoms with Crippen LogP contribution >= 0.6 is 23.1 Å². The quantitative estimate of drug-likeness (QED) is 0.831. The van der Waals surface area contributed by atoms with E-state index in [4.69, 9.17) is 0 Å². The van der Waals surface area contributed by atoms with Gasteiger partial charge in [0.05, 0.1) is 6.54 Å². The number of thiophene rings is 1. The Bertz CT molecular complexity index is 610. The first-order chi connectivity index (χ1) is 10.8. The van der Waals surface area contributed by atoms with E-state index in [1.807, 2.05) is 30.5 Å². The number of thioether (sulfide) groups is 1. The summed E-state index contributed by atoms with van der Waals surface area (Å²) >= 11 is 3.48. The van der Waals surface area contributed by atoms with Crippen LogP contribution in [0, 0.1) is 0 Å². The van der Waals surface area contributed by atoms with Gasteiger partial charge >= 0.3 is 0 Å². The van der Waals surface area contributed by atoms with Gasteiger partial charge in [0.25, 0.3) is 0 Å². The van der Waals surface area contributed by atoms with Crippen LogP contribution in [0.5, 0.6) is 0 Å². The molecule has 1 saturated heterocycles. The SMILES string of the molecule is CSc1ccc(NC(=O)CN2CCCC2c2cccs2)cc1. The fourth-order valence-corrected chi connectivity index (χ4v) is 4.18. The summed E-state index contributed by atoms with van der Waals surface area (Å²) < 4.78 is 0. The third-order valence-electron chi connectivity index (χ3n) is 3.96. The maximum absolute atomic E-state index is 12.3. The average molecular weight is 332 g/mol. The maximum Gasteiger partial charge on any atom is 0.238 e. The van der Waals surface area contributed by atoms with Crippen molar-refractivity contribution in [1.82, 2.24) is 4.90 Å². The van der Waals surface area contributed by atoms with Gasteiger partial charge in [-0.15, -0.1) is 23.1 Å². The van der Waals surface area contributed by atoms with Gasteiger partial charge in [0, 0.05) is 21.5 Å². The van der Waals surface area contributed by atoms with Crippen LogP contribution in [0.2, 0.25) is 0 Å². The number of anilines is 1. The lowest BCUT2D eigenvalue weighted by Crippen LogP contribution is -2.32. The number of amides is 1. The second kappa shape index (κ2) is 7.31. The van der Waals surface area contributed by atoms with E-state index in [1.165, 1.54) is 9.77 Å². The Morgan fingerprint density at radius 2 is 2.18 bits per heavy atom. The number of benzene rings is 1. The number of hydrogen-bond acceptors (Lipinski definition) is 4. The van der Waals surface area contributed by atoms with Gasteiger partial charge < -0.3 is 5.32 Å². The molecule has 0 spiro atoms. The molecule has 1 atom stereocenters. The minimum absolute atomic E-state index is 0.0698. The Morgan fingerprint density at radius 3 is 2.86 bits per heavy atom. The Hall–Kier alpha value is -1.30. The highest BCUT2D eigenvalue weighted by molar-refractivity contribution is 7.98. The molecule has 3 nitrogen and oxygen atoms in total. The van der Waals surface area contributed by atoms with Crippen molar-refractivity contribution >= 4 is 34.7 Å². The van der Waals surface area contributed by atoms with E-state index < -0.39 is 0 Å². The van der Waals surface area contributed by atoms with Crippen molar-refractivity contribution in [2.45, 2.75) is 23.8 Å². The van der Waals surface area contributed by atoms with E-state index >= 15 is 0 Å². The number of hydrogen-bond donors (Lipinski definition) is 1. The Kier molecular flexibility index (Phi) is 5.18. The van der Waals surface area contributed by atoms with Crippen molar-refractivity contribution in [1.29, 1.82) is 0 Å². The molecule has 1 amide bonds. The molecule has 1 aliphatic heterocycles. The molecule has 0 radical (unpaired) electrons. The van der Waals surface area contributed by atoms with Crippen LogP contribution in [0.15, 0.2) is 46.7 Å². The molecule has 22 heavy (non-hydrogen) atoms. The molecule has 3 rings (SSSR count). The van der Waals surface area contributed by atoms with Crippen LogP contribution in [-0.2, 0) is 4.79 Å². The van der Waals surface area contributed by atoms with Gasteiger partial charge in [-0.05, 0) is 61.4 Å². The molecule has 0 aliphatic carbocycles. The number of carbonyl (C=O) groups is 1. The second-order valence-electron chi connectivity index (χ2n) is 5.42. The largest absolute Gasteiger partial charge is 0.325 e. The lowest BCUT2D eigenvalue weighted by molar-refractivity contribution is -0.117. The summed E-state index contributed by atoms with van der Waals surface area (Å²) in [5, 5.41) is 5.11. The molecule has 0 bridgehead atoms. The maximum atomic E-state index is 12.3. The predicted octanol–water partition coefficient (Wildman–Crippen LogP) is 4.25. The van der Waals surface area contributed by atoms with Crippen LogP contribution in [0.1, 0.15) is 23.8 Å². The minimum Gasteiger partial charge on any atom is -0.325 e. The molecule has 1 aromatic heterocycles. The van der Waals surface area contributed by atoms with Crippen molar-refractivity contribution in [3.63, 3.8) is 0 Å². The van der Waals surface area contributed by atoms with E-state index in [-0.39, 0.29) is 5.91 Å². The highest BCUT2D eigenvalue weighted by atomic mass is 32.2. The van der Waals surface area contributed by atoms with Crippen molar-refractivity contribution in [2.24, 2.45) is 0 Å². The first kappa shape index (κ1) is 15.6. The molecule has 0 saturated carbocycles. The van der Waals surface area contributed by atoms with Gasteiger partial charge in [-0.1, -0.05) is 6.07 Å². The monoisotopic (exact) mass is 332 g/mol. The molecule has 2 heterocycles. The molecular formula is C17H20N2OS2. The van der Waals surface area contributed by atoms with E-state index in [0.717, 1.165) is 25.1 Å². The lowest BCUT2D eigenvalue weighted by Gasteiger charge is -2.22. The summed E-state index contributed by atoms with van der Waals surface area (Å²) in [6, 6.07) is 12.7. The van der Waals surface area contributed by atoms with E-state index in [0.29, 0.717) is 12.6 Å². The summed E-state index contributed by atoms with van der Waals surface area (Å²) in [4.78, 5) is 17.1. The highest BCUT2D eigenvalue weighted by Gasteiger charge is 2.28. The first-order valence-corrected chi connectivity index (χ1v) is 9.58. The lowest BCUT2D eigenvalue weighted by atomic mass is 10.2. The molecular weight excluding hydrogens is 312 g/mol. The fraction of sp³-hybridized carbons (Fsp3) is 0.353. The van der Waals surface area contributed by atoms with Gasteiger partial charge in [0.2, 0.25) is 5.91 Å². The topological polar surface area (TPSA) is 32.3 Å². The fourth-order valence-electron chi connectivity index (χ4n) is 2.88. The van der Waals surface area contributed by atoms with Crippen LogP contribution < -0.4 is 5.32 Å². The van der Waals surface area contributed by atoms with E-state index in [9.17, 15) is 4.79 Å². The van der Waals surface area contributed by atoms with Crippen molar-refractivity contribution < 1.29 is 4.79 Å². The van der Waals surface area contributed by atoms with E-state index in [1.54, 1.807) is 23.1 Å². The molecule has 1 aliphatic rings. The first-order valence-electron chi connectivity index (χ1n) is 7.47. The third-order valence-corrected chi connectivity index (χ3v) is 5.67. The zero-order valence-corrected chi connectivity index (χ0v) is 14.3. The van der Waals surface area contributed by atoms with Crippen LogP contribution in [0.25, 0.3) is 0 Å². The van der Waals surface area contributed by atoms with Gasteiger partial charge in [-0.25, -0.2) is 0 Å². The van der Waals surface area contributed by atoms with Crippen LogP contribution in [0.3, 0.4) is 0 Å². The Balaban J connectivity index is 1.58. The molecule has 116 valence electrons. The van der Waals surface area contributed by atoms with Crippen molar-refractivity contribution in [3.05, 3.63) is 46.7 Å². The van der Waals surface area contributed by atoms with Gasteiger partial charge in [-0.2, -0.15) is 0 Å². The normalized spacial score (nSPS) is 18.5. The van der Waals surface area contributed by atoms with Crippen molar-refractivity contribution in [2.75, 3.05) is 24.7 Å². The summed E-state index contributed by atoms with van der Waals surface area (Å²) in [6.07, 6.45) is 4.36. The molecule has 1 fully saturated rings. The van der Waals surface area contributed by atoms with Gasteiger partial charge in [0.1, 0.15) is 0 Å². The van der Waals surface area contributed by atoms with Gasteiger partial charge in [-0.3, -0.25) is 9.69 Å². The number of rotatable bonds is 5.